The second kappa shape index (κ2) is 5.85. The maximum atomic E-state index is 9.16. The molecule has 1 aromatic heterocycles. The molecule has 0 spiro atoms. The van der Waals surface area contributed by atoms with E-state index in [1.807, 2.05) is 24.3 Å². The minimum Gasteiger partial charge on any atom is -0.298 e. The van der Waals surface area contributed by atoms with E-state index in [1.165, 1.54) is 0 Å². The minimum atomic E-state index is 0.417. The summed E-state index contributed by atoms with van der Waals surface area (Å²) in [6.45, 7) is 2.87. The minimum absolute atomic E-state index is 0.417. The molecule has 0 amide bonds. The van der Waals surface area contributed by atoms with E-state index in [4.69, 9.17) is 5.26 Å². The van der Waals surface area contributed by atoms with Crippen LogP contribution in [0.5, 0.6) is 0 Å². The predicted octanol–water partition coefficient (Wildman–Crippen LogP) is 2.06. The van der Waals surface area contributed by atoms with Gasteiger partial charge in [0.1, 0.15) is 12.2 Å². The van der Waals surface area contributed by atoms with Gasteiger partial charge in [-0.05, 0) is 31.0 Å². The predicted molar refractivity (Wildman–Crippen MR) is 74.8 cm³/mol. The Labute approximate surface area is 118 Å². The summed E-state index contributed by atoms with van der Waals surface area (Å²) in [5.41, 5.74) is 1.88. The molecule has 5 nitrogen and oxygen atoms in total. The number of aromatic amines is 1. The van der Waals surface area contributed by atoms with Gasteiger partial charge in [-0.2, -0.15) is 10.4 Å². The lowest BCUT2D eigenvalue weighted by atomic mass is 9.96. The zero-order valence-electron chi connectivity index (χ0n) is 11.3. The van der Waals surface area contributed by atoms with Crippen LogP contribution in [0.1, 0.15) is 35.7 Å². The number of piperidine rings is 1. The molecule has 0 unspecified atom stereocenters. The van der Waals surface area contributed by atoms with Gasteiger partial charge in [0.15, 0.2) is 0 Å². The largest absolute Gasteiger partial charge is 0.298 e. The number of H-pyrrole nitrogens is 1. The van der Waals surface area contributed by atoms with Crippen molar-refractivity contribution in [3.63, 3.8) is 0 Å². The molecule has 1 aromatic carbocycles. The number of nitriles is 1. The van der Waals surface area contributed by atoms with Crippen LogP contribution < -0.4 is 0 Å². The summed E-state index contributed by atoms with van der Waals surface area (Å²) in [4.78, 5) is 6.67. The highest BCUT2D eigenvalue weighted by molar-refractivity contribution is 5.37. The van der Waals surface area contributed by atoms with Gasteiger partial charge in [-0.25, -0.2) is 4.98 Å². The molecule has 1 aliphatic heterocycles. The van der Waals surface area contributed by atoms with Crippen LogP contribution in [0.2, 0.25) is 0 Å². The van der Waals surface area contributed by atoms with Crippen LogP contribution in [-0.4, -0.2) is 33.2 Å². The topological polar surface area (TPSA) is 68.6 Å². The number of nitrogens with one attached hydrogen (secondary N) is 1. The molecule has 1 atom stereocenters. The van der Waals surface area contributed by atoms with Crippen LogP contribution in [0.4, 0.5) is 0 Å². The fourth-order valence-electron chi connectivity index (χ4n) is 2.84. The number of nitrogens with zero attached hydrogens (tertiary/aromatic N) is 4. The van der Waals surface area contributed by atoms with Gasteiger partial charge in [0.25, 0.3) is 0 Å². The molecule has 3 rings (SSSR count). The SMILES string of the molecule is N#Cc1ccccc1CN1CCC[C@H](c2ncn[nH]2)C1. The van der Waals surface area contributed by atoms with E-state index in [0.717, 1.165) is 49.4 Å². The molecule has 2 aromatic rings. The molecule has 1 fully saturated rings. The molecule has 1 saturated heterocycles. The Balaban J connectivity index is 1.70. The summed E-state index contributed by atoms with van der Waals surface area (Å²) >= 11 is 0. The van der Waals surface area contributed by atoms with Gasteiger partial charge in [0, 0.05) is 19.0 Å². The monoisotopic (exact) mass is 267 g/mol. The van der Waals surface area contributed by atoms with Crippen molar-refractivity contribution >= 4 is 0 Å². The van der Waals surface area contributed by atoms with Gasteiger partial charge < -0.3 is 0 Å². The van der Waals surface area contributed by atoms with Crippen molar-refractivity contribution in [3.8, 4) is 6.07 Å². The summed E-state index contributed by atoms with van der Waals surface area (Å²) in [6, 6.07) is 10.1. The van der Waals surface area contributed by atoms with E-state index >= 15 is 0 Å². The highest BCUT2D eigenvalue weighted by Gasteiger charge is 2.23. The first-order valence-electron chi connectivity index (χ1n) is 6.92. The summed E-state index contributed by atoms with van der Waals surface area (Å²) in [7, 11) is 0. The average molecular weight is 267 g/mol. The highest BCUT2D eigenvalue weighted by atomic mass is 15.2. The summed E-state index contributed by atoms with van der Waals surface area (Å²) in [5, 5.41) is 16.1. The third-order valence-corrected chi connectivity index (χ3v) is 3.86. The van der Waals surface area contributed by atoms with Gasteiger partial charge >= 0.3 is 0 Å². The molecule has 1 N–H and O–H groups in total. The Morgan fingerprint density at radius 2 is 2.30 bits per heavy atom. The zero-order valence-corrected chi connectivity index (χ0v) is 11.3. The highest BCUT2D eigenvalue weighted by Crippen LogP contribution is 2.25. The fourth-order valence-corrected chi connectivity index (χ4v) is 2.84. The van der Waals surface area contributed by atoms with Crippen molar-refractivity contribution in [2.75, 3.05) is 13.1 Å². The quantitative estimate of drug-likeness (QED) is 0.924. The maximum absolute atomic E-state index is 9.16. The number of likely N-dealkylation sites (tertiary alicyclic amines) is 1. The Morgan fingerprint density at radius 1 is 1.40 bits per heavy atom. The third kappa shape index (κ3) is 2.70. The van der Waals surface area contributed by atoms with Gasteiger partial charge in [-0.1, -0.05) is 18.2 Å². The van der Waals surface area contributed by atoms with E-state index in [2.05, 4.69) is 26.2 Å². The van der Waals surface area contributed by atoms with Crippen LogP contribution in [0.3, 0.4) is 0 Å². The Morgan fingerprint density at radius 3 is 3.10 bits per heavy atom. The summed E-state index contributed by atoms with van der Waals surface area (Å²) in [5.74, 6) is 1.39. The maximum Gasteiger partial charge on any atom is 0.137 e. The van der Waals surface area contributed by atoms with Crippen molar-refractivity contribution in [1.29, 1.82) is 5.26 Å². The van der Waals surface area contributed by atoms with Crippen molar-refractivity contribution in [2.45, 2.75) is 25.3 Å². The van der Waals surface area contributed by atoms with Crippen LogP contribution in [0.15, 0.2) is 30.6 Å². The summed E-state index contributed by atoms with van der Waals surface area (Å²) < 4.78 is 0. The molecular formula is C15H17N5. The van der Waals surface area contributed by atoms with E-state index in [9.17, 15) is 0 Å². The lowest BCUT2D eigenvalue weighted by Gasteiger charge is -2.31. The third-order valence-electron chi connectivity index (χ3n) is 3.86. The van der Waals surface area contributed by atoms with Crippen molar-refractivity contribution in [2.24, 2.45) is 0 Å². The molecule has 20 heavy (non-hydrogen) atoms. The molecular weight excluding hydrogens is 250 g/mol. The normalized spacial score (nSPS) is 19.6. The summed E-state index contributed by atoms with van der Waals surface area (Å²) in [6.07, 6.45) is 3.87. The van der Waals surface area contributed by atoms with E-state index < -0.39 is 0 Å². The smallest absolute Gasteiger partial charge is 0.137 e. The number of hydrogen-bond acceptors (Lipinski definition) is 4. The van der Waals surface area contributed by atoms with Gasteiger partial charge in [-0.15, -0.1) is 0 Å². The number of aromatic nitrogens is 3. The molecule has 0 aliphatic carbocycles. The first kappa shape index (κ1) is 12.8. The molecule has 0 bridgehead atoms. The zero-order chi connectivity index (χ0) is 13.8. The van der Waals surface area contributed by atoms with Gasteiger partial charge in [0.2, 0.25) is 0 Å². The average Bonchev–Trinajstić information content (AvgIpc) is 3.02. The Kier molecular flexibility index (Phi) is 3.75. The van der Waals surface area contributed by atoms with E-state index in [1.54, 1.807) is 6.33 Å². The fraction of sp³-hybridized carbons (Fsp3) is 0.400. The number of hydrogen-bond donors (Lipinski definition) is 1. The molecule has 1 aliphatic rings. The van der Waals surface area contributed by atoms with E-state index in [-0.39, 0.29) is 0 Å². The van der Waals surface area contributed by atoms with Gasteiger partial charge in [0.05, 0.1) is 11.6 Å². The van der Waals surface area contributed by atoms with Crippen LogP contribution in [0.25, 0.3) is 0 Å². The first-order chi connectivity index (χ1) is 9.86. The molecule has 5 heteroatoms. The van der Waals surface area contributed by atoms with Crippen LogP contribution in [0, 0.1) is 11.3 Å². The van der Waals surface area contributed by atoms with Crippen LogP contribution >= 0.6 is 0 Å². The standard InChI is InChI=1S/C15H17N5/c16-8-12-4-1-2-5-13(12)9-20-7-3-6-14(10-20)15-17-11-18-19-15/h1-2,4-5,11,14H,3,6-7,9-10H2,(H,17,18,19)/t14-/m0/s1. The van der Waals surface area contributed by atoms with Crippen LogP contribution in [-0.2, 0) is 6.54 Å². The van der Waals surface area contributed by atoms with Crippen molar-refractivity contribution in [3.05, 3.63) is 47.5 Å². The number of benzene rings is 1. The second-order valence-electron chi connectivity index (χ2n) is 5.21. The Bertz CT molecular complexity index is 599. The lowest BCUT2D eigenvalue weighted by Crippen LogP contribution is -2.34. The van der Waals surface area contributed by atoms with E-state index in [0.29, 0.717) is 5.92 Å². The molecule has 0 radical (unpaired) electrons. The number of rotatable bonds is 3. The Hall–Kier alpha value is -2.19. The molecule has 0 saturated carbocycles. The molecule has 102 valence electrons. The van der Waals surface area contributed by atoms with Crippen molar-refractivity contribution < 1.29 is 0 Å². The second-order valence-corrected chi connectivity index (χ2v) is 5.21. The molecule has 2 heterocycles. The lowest BCUT2D eigenvalue weighted by molar-refractivity contribution is 0.196. The first-order valence-corrected chi connectivity index (χ1v) is 6.92. The van der Waals surface area contributed by atoms with Crippen molar-refractivity contribution in [1.82, 2.24) is 20.1 Å². The van der Waals surface area contributed by atoms with Gasteiger partial charge in [-0.3, -0.25) is 10.00 Å².